The van der Waals surface area contributed by atoms with Crippen molar-refractivity contribution in [2.75, 3.05) is 19.5 Å². The lowest BCUT2D eigenvalue weighted by Crippen LogP contribution is -2.27. The number of nitrogens with one attached hydrogen (secondary N) is 1. The maximum Gasteiger partial charge on any atom is 0.356 e. The van der Waals surface area contributed by atoms with Crippen molar-refractivity contribution in [2.24, 2.45) is 0 Å². The van der Waals surface area contributed by atoms with Crippen LogP contribution in [0.5, 0.6) is 0 Å². The van der Waals surface area contributed by atoms with E-state index in [0.29, 0.717) is 5.69 Å². The molecule has 0 bridgehead atoms. The standard InChI is InChI=1S/C11H14N2O4/c1-7(10(14)16-2)13-8-4-5-12-9(6-8)11(15)17-3/h4-7H,1-3H3,(H,12,13). The first kappa shape index (κ1) is 13.0. The average Bonchev–Trinajstić information content (AvgIpc) is 2.37. The number of pyridine rings is 1. The lowest BCUT2D eigenvalue weighted by atomic mass is 10.2. The average molecular weight is 238 g/mol. The SMILES string of the molecule is COC(=O)c1cc(NC(C)C(=O)OC)ccn1. The van der Waals surface area contributed by atoms with Crippen LogP contribution in [0.2, 0.25) is 0 Å². The molecule has 1 aromatic heterocycles. The minimum Gasteiger partial charge on any atom is -0.467 e. The Kier molecular flexibility index (Phi) is 4.45. The Balaban J connectivity index is 2.79. The summed E-state index contributed by atoms with van der Waals surface area (Å²) in [6.07, 6.45) is 1.46. The largest absolute Gasteiger partial charge is 0.467 e. The van der Waals surface area contributed by atoms with Crippen LogP contribution < -0.4 is 5.32 Å². The van der Waals surface area contributed by atoms with E-state index in [4.69, 9.17) is 0 Å². The van der Waals surface area contributed by atoms with Gasteiger partial charge in [-0.25, -0.2) is 14.6 Å². The zero-order valence-corrected chi connectivity index (χ0v) is 9.89. The fourth-order valence-corrected chi connectivity index (χ4v) is 1.22. The maximum atomic E-state index is 11.2. The lowest BCUT2D eigenvalue weighted by molar-refractivity contribution is -0.141. The number of esters is 2. The third-order valence-electron chi connectivity index (χ3n) is 2.09. The van der Waals surface area contributed by atoms with Crippen molar-refractivity contribution in [3.63, 3.8) is 0 Å². The van der Waals surface area contributed by atoms with E-state index in [-0.39, 0.29) is 11.7 Å². The summed E-state index contributed by atoms with van der Waals surface area (Å²) in [5.74, 6) is -0.916. The Hall–Kier alpha value is -2.11. The van der Waals surface area contributed by atoms with E-state index in [2.05, 4.69) is 19.8 Å². The Labute approximate surface area is 98.9 Å². The van der Waals surface area contributed by atoms with E-state index in [1.54, 1.807) is 13.0 Å². The number of hydrogen-bond acceptors (Lipinski definition) is 6. The molecule has 1 aromatic rings. The van der Waals surface area contributed by atoms with Crippen molar-refractivity contribution >= 4 is 17.6 Å². The molecule has 6 heteroatoms. The van der Waals surface area contributed by atoms with Crippen LogP contribution in [0, 0.1) is 0 Å². The topological polar surface area (TPSA) is 77.5 Å². The van der Waals surface area contributed by atoms with Gasteiger partial charge < -0.3 is 14.8 Å². The molecule has 1 heterocycles. The first-order chi connectivity index (χ1) is 8.08. The summed E-state index contributed by atoms with van der Waals surface area (Å²) in [5, 5.41) is 2.89. The Morgan fingerprint density at radius 2 is 2.06 bits per heavy atom. The number of rotatable bonds is 4. The van der Waals surface area contributed by atoms with E-state index < -0.39 is 12.0 Å². The summed E-state index contributed by atoms with van der Waals surface area (Å²) in [6.45, 7) is 1.66. The molecule has 6 nitrogen and oxygen atoms in total. The summed E-state index contributed by atoms with van der Waals surface area (Å²) in [6, 6.07) is 2.64. The van der Waals surface area contributed by atoms with Gasteiger partial charge in [-0.3, -0.25) is 0 Å². The predicted octanol–water partition coefficient (Wildman–Crippen LogP) is 0.842. The molecule has 0 amide bonds. The number of ether oxygens (including phenoxy) is 2. The monoisotopic (exact) mass is 238 g/mol. The number of hydrogen-bond donors (Lipinski definition) is 1. The van der Waals surface area contributed by atoms with Crippen LogP contribution in [0.25, 0.3) is 0 Å². The number of methoxy groups -OCH3 is 2. The molecule has 0 aliphatic carbocycles. The van der Waals surface area contributed by atoms with Gasteiger partial charge >= 0.3 is 11.9 Å². The molecule has 0 radical (unpaired) electrons. The zero-order chi connectivity index (χ0) is 12.8. The third kappa shape index (κ3) is 3.44. The van der Waals surface area contributed by atoms with Crippen LogP contribution >= 0.6 is 0 Å². The summed E-state index contributed by atoms with van der Waals surface area (Å²) in [7, 11) is 2.59. The highest BCUT2D eigenvalue weighted by Gasteiger charge is 2.14. The molecular formula is C11H14N2O4. The Morgan fingerprint density at radius 3 is 2.65 bits per heavy atom. The number of aromatic nitrogens is 1. The van der Waals surface area contributed by atoms with Gasteiger partial charge in [0.15, 0.2) is 0 Å². The van der Waals surface area contributed by atoms with Gasteiger partial charge in [0.05, 0.1) is 14.2 Å². The minimum atomic E-state index is -0.528. The summed E-state index contributed by atoms with van der Waals surface area (Å²) in [4.78, 5) is 26.3. The first-order valence-corrected chi connectivity index (χ1v) is 4.97. The highest BCUT2D eigenvalue weighted by molar-refractivity contribution is 5.88. The van der Waals surface area contributed by atoms with Crippen LogP contribution in [0.3, 0.4) is 0 Å². The number of carbonyl (C=O) groups is 2. The van der Waals surface area contributed by atoms with E-state index in [1.165, 1.54) is 26.5 Å². The van der Waals surface area contributed by atoms with Crippen molar-refractivity contribution in [2.45, 2.75) is 13.0 Å². The predicted molar refractivity (Wildman–Crippen MR) is 60.7 cm³/mol. The van der Waals surface area contributed by atoms with E-state index >= 15 is 0 Å². The second-order valence-corrected chi connectivity index (χ2v) is 3.31. The molecule has 0 saturated carbocycles. The molecule has 0 fully saturated rings. The summed E-state index contributed by atoms with van der Waals surface area (Å²) < 4.78 is 9.12. The van der Waals surface area contributed by atoms with Gasteiger partial charge in [0.1, 0.15) is 11.7 Å². The summed E-state index contributed by atoms with van der Waals surface area (Å²) >= 11 is 0. The van der Waals surface area contributed by atoms with Crippen molar-refractivity contribution in [1.29, 1.82) is 0 Å². The molecule has 0 aliphatic heterocycles. The quantitative estimate of drug-likeness (QED) is 0.783. The second-order valence-electron chi connectivity index (χ2n) is 3.31. The van der Waals surface area contributed by atoms with Crippen LogP contribution in [-0.2, 0) is 14.3 Å². The lowest BCUT2D eigenvalue weighted by Gasteiger charge is -2.12. The zero-order valence-electron chi connectivity index (χ0n) is 9.89. The van der Waals surface area contributed by atoms with Gasteiger partial charge in [-0.05, 0) is 19.1 Å². The van der Waals surface area contributed by atoms with Crippen molar-refractivity contribution in [1.82, 2.24) is 4.98 Å². The molecule has 0 spiro atoms. The maximum absolute atomic E-state index is 11.2. The number of carbonyl (C=O) groups excluding carboxylic acids is 2. The van der Waals surface area contributed by atoms with Gasteiger partial charge in [0, 0.05) is 11.9 Å². The van der Waals surface area contributed by atoms with Crippen LogP contribution in [-0.4, -0.2) is 37.2 Å². The highest BCUT2D eigenvalue weighted by atomic mass is 16.5. The van der Waals surface area contributed by atoms with Gasteiger partial charge in [0.2, 0.25) is 0 Å². The number of nitrogens with zero attached hydrogens (tertiary/aromatic N) is 1. The van der Waals surface area contributed by atoms with E-state index in [1.807, 2.05) is 0 Å². The molecule has 0 saturated heterocycles. The smallest absolute Gasteiger partial charge is 0.356 e. The van der Waals surface area contributed by atoms with Gasteiger partial charge in [0.25, 0.3) is 0 Å². The highest BCUT2D eigenvalue weighted by Crippen LogP contribution is 2.10. The van der Waals surface area contributed by atoms with Gasteiger partial charge in [-0.15, -0.1) is 0 Å². The fraction of sp³-hybridized carbons (Fsp3) is 0.364. The summed E-state index contributed by atoms with van der Waals surface area (Å²) in [5.41, 5.74) is 0.771. The molecule has 1 atom stereocenters. The van der Waals surface area contributed by atoms with Crippen molar-refractivity contribution < 1.29 is 19.1 Å². The molecule has 1 N–H and O–H groups in total. The van der Waals surface area contributed by atoms with Crippen molar-refractivity contribution in [3.8, 4) is 0 Å². The van der Waals surface area contributed by atoms with Gasteiger partial charge in [-0.2, -0.15) is 0 Å². The van der Waals surface area contributed by atoms with Crippen LogP contribution in [0.1, 0.15) is 17.4 Å². The normalized spacial score (nSPS) is 11.5. The van der Waals surface area contributed by atoms with E-state index in [9.17, 15) is 9.59 Å². The molecular weight excluding hydrogens is 224 g/mol. The van der Waals surface area contributed by atoms with Crippen molar-refractivity contribution in [3.05, 3.63) is 24.0 Å². The minimum absolute atomic E-state index is 0.176. The molecule has 1 rings (SSSR count). The fourth-order valence-electron chi connectivity index (χ4n) is 1.22. The van der Waals surface area contributed by atoms with Crippen LogP contribution in [0.15, 0.2) is 18.3 Å². The molecule has 92 valence electrons. The van der Waals surface area contributed by atoms with E-state index in [0.717, 1.165) is 0 Å². The third-order valence-corrected chi connectivity index (χ3v) is 2.09. The molecule has 17 heavy (non-hydrogen) atoms. The first-order valence-electron chi connectivity index (χ1n) is 4.97. The molecule has 0 aliphatic rings. The van der Waals surface area contributed by atoms with Gasteiger partial charge in [-0.1, -0.05) is 0 Å². The Morgan fingerprint density at radius 1 is 1.35 bits per heavy atom. The molecule has 0 aromatic carbocycles. The Bertz CT molecular complexity index is 420. The number of anilines is 1. The molecule has 1 unspecified atom stereocenters. The van der Waals surface area contributed by atoms with Crippen LogP contribution in [0.4, 0.5) is 5.69 Å². The second kappa shape index (κ2) is 5.83.